The second kappa shape index (κ2) is 2.26. The predicted octanol–water partition coefficient (Wildman–Crippen LogP) is 1.53. The van der Waals surface area contributed by atoms with Gasteiger partial charge in [0.05, 0.1) is 0 Å². The molecule has 2 heteroatoms. The molecule has 0 saturated heterocycles. The van der Waals surface area contributed by atoms with E-state index in [1.54, 1.807) is 0 Å². The van der Waals surface area contributed by atoms with Gasteiger partial charge < -0.3 is 5.21 Å². The van der Waals surface area contributed by atoms with Gasteiger partial charge in [-0.2, -0.15) is 0 Å². The van der Waals surface area contributed by atoms with Gasteiger partial charge >= 0.3 is 0 Å². The molecule has 0 bridgehead atoms. The van der Waals surface area contributed by atoms with Crippen LogP contribution in [0.15, 0.2) is 0 Å². The van der Waals surface area contributed by atoms with Crippen LogP contribution in [0.1, 0.15) is 32.1 Å². The maximum Gasteiger partial charge on any atom is 0.166 e. The van der Waals surface area contributed by atoms with Crippen molar-refractivity contribution in [2.24, 2.45) is 5.92 Å². The summed E-state index contributed by atoms with van der Waals surface area (Å²) in [4.78, 5) is 0. The van der Waals surface area contributed by atoms with Crippen molar-refractivity contribution in [2.75, 3.05) is 6.54 Å². The molecule has 0 aromatic heterocycles. The largest absolute Gasteiger partial charge is 0.624 e. The van der Waals surface area contributed by atoms with E-state index in [1.807, 2.05) is 0 Å². The summed E-state index contributed by atoms with van der Waals surface area (Å²) < 4.78 is 1.23. The molecule has 0 spiro atoms. The van der Waals surface area contributed by atoms with Crippen LogP contribution in [0.5, 0.6) is 0 Å². The number of fused-ring (bicyclic) bond motifs is 1. The van der Waals surface area contributed by atoms with Crippen molar-refractivity contribution in [1.29, 1.82) is 0 Å². The van der Waals surface area contributed by atoms with Crippen LogP contribution in [0, 0.1) is 11.1 Å². The Balaban J connectivity index is 2.18. The molecule has 1 aliphatic heterocycles. The highest BCUT2D eigenvalue weighted by atomic mass is 16.5. The first-order valence-corrected chi connectivity index (χ1v) is 4.18. The number of rotatable bonds is 0. The van der Waals surface area contributed by atoms with Gasteiger partial charge in [0.2, 0.25) is 0 Å². The Morgan fingerprint density at radius 1 is 1.30 bits per heavy atom. The zero-order valence-electron chi connectivity index (χ0n) is 6.18. The number of nitrogens with zero attached hydrogens (tertiary/aromatic N) is 1. The van der Waals surface area contributed by atoms with Crippen LogP contribution in [0.25, 0.3) is 0 Å². The molecule has 2 aliphatic rings. The van der Waals surface area contributed by atoms with Crippen molar-refractivity contribution >= 4 is 5.71 Å². The van der Waals surface area contributed by atoms with Crippen molar-refractivity contribution in [3.63, 3.8) is 0 Å². The van der Waals surface area contributed by atoms with Gasteiger partial charge in [0.1, 0.15) is 0 Å². The molecule has 1 saturated carbocycles. The van der Waals surface area contributed by atoms with Crippen LogP contribution in [-0.2, 0) is 0 Å². The van der Waals surface area contributed by atoms with Crippen molar-refractivity contribution in [3.05, 3.63) is 5.21 Å². The number of hydrogen-bond donors (Lipinski definition) is 0. The maximum atomic E-state index is 11.1. The van der Waals surface area contributed by atoms with E-state index in [2.05, 4.69) is 0 Å². The van der Waals surface area contributed by atoms with E-state index in [9.17, 15) is 5.21 Å². The van der Waals surface area contributed by atoms with Crippen molar-refractivity contribution in [1.82, 2.24) is 0 Å². The van der Waals surface area contributed by atoms with Gasteiger partial charge in [0, 0.05) is 18.8 Å². The molecule has 0 radical (unpaired) electrons. The smallest absolute Gasteiger partial charge is 0.166 e. The van der Waals surface area contributed by atoms with Crippen LogP contribution in [0.3, 0.4) is 0 Å². The van der Waals surface area contributed by atoms with Gasteiger partial charge in [-0.25, -0.2) is 4.74 Å². The molecule has 2 nitrogen and oxygen atoms in total. The molecule has 10 heavy (non-hydrogen) atoms. The van der Waals surface area contributed by atoms with Gasteiger partial charge in [0.25, 0.3) is 0 Å². The Kier molecular flexibility index (Phi) is 1.40. The highest BCUT2D eigenvalue weighted by Crippen LogP contribution is 2.27. The topological polar surface area (TPSA) is 26.1 Å². The minimum Gasteiger partial charge on any atom is -0.624 e. The highest BCUT2D eigenvalue weighted by molar-refractivity contribution is 5.83. The Labute approximate surface area is 61.1 Å². The minimum atomic E-state index is 0.672. The lowest BCUT2D eigenvalue weighted by Crippen LogP contribution is -2.18. The van der Waals surface area contributed by atoms with Crippen LogP contribution in [0.4, 0.5) is 0 Å². The third kappa shape index (κ3) is 0.825. The first-order valence-electron chi connectivity index (χ1n) is 4.18. The summed E-state index contributed by atoms with van der Waals surface area (Å²) in [6.45, 7) is 0.764. The number of hydrogen-bond acceptors (Lipinski definition) is 1. The van der Waals surface area contributed by atoms with Crippen LogP contribution in [-0.4, -0.2) is 17.0 Å². The third-order valence-corrected chi connectivity index (χ3v) is 2.71. The zero-order valence-corrected chi connectivity index (χ0v) is 6.18. The van der Waals surface area contributed by atoms with E-state index >= 15 is 0 Å². The van der Waals surface area contributed by atoms with Crippen LogP contribution in [0.2, 0.25) is 0 Å². The lowest BCUT2D eigenvalue weighted by Gasteiger charge is -2.14. The predicted molar refractivity (Wildman–Crippen MR) is 40.1 cm³/mol. The van der Waals surface area contributed by atoms with Crippen molar-refractivity contribution < 1.29 is 4.74 Å². The van der Waals surface area contributed by atoms with E-state index in [0.29, 0.717) is 5.92 Å². The second-order valence-electron chi connectivity index (χ2n) is 3.32. The maximum absolute atomic E-state index is 11.1. The molecule has 1 heterocycles. The minimum absolute atomic E-state index is 0.672. The molecule has 1 atom stereocenters. The average molecular weight is 139 g/mol. The quantitative estimate of drug-likeness (QED) is 0.369. The summed E-state index contributed by atoms with van der Waals surface area (Å²) in [6, 6.07) is 0. The summed E-state index contributed by atoms with van der Waals surface area (Å²) in [5.74, 6) is 0.672. The Morgan fingerprint density at radius 3 is 3.00 bits per heavy atom. The summed E-state index contributed by atoms with van der Waals surface area (Å²) in [6.07, 6.45) is 6.05. The normalized spacial score (nSPS) is 32.6. The van der Waals surface area contributed by atoms with Gasteiger partial charge in [-0.1, -0.05) is 6.42 Å². The Bertz CT molecular complexity index is 174. The third-order valence-electron chi connectivity index (χ3n) is 2.71. The first kappa shape index (κ1) is 6.20. The van der Waals surface area contributed by atoms with E-state index in [1.165, 1.54) is 29.7 Å². The molecular formula is C8H13NO. The molecule has 0 N–H and O–H groups in total. The molecule has 1 unspecified atom stereocenters. The fourth-order valence-electron chi connectivity index (χ4n) is 2.12. The second-order valence-corrected chi connectivity index (χ2v) is 3.32. The molecular weight excluding hydrogens is 126 g/mol. The molecule has 56 valence electrons. The summed E-state index contributed by atoms with van der Waals surface area (Å²) >= 11 is 0. The molecule has 1 aliphatic carbocycles. The Morgan fingerprint density at radius 2 is 2.20 bits per heavy atom. The van der Waals surface area contributed by atoms with Crippen molar-refractivity contribution in [3.8, 4) is 0 Å². The molecule has 0 amide bonds. The average Bonchev–Trinajstić information content (AvgIpc) is 2.34. The summed E-state index contributed by atoms with van der Waals surface area (Å²) in [7, 11) is 0. The first-order chi connectivity index (χ1) is 4.88. The van der Waals surface area contributed by atoms with E-state index in [4.69, 9.17) is 0 Å². The van der Waals surface area contributed by atoms with Gasteiger partial charge in [0.15, 0.2) is 12.3 Å². The standard InChI is InChI=1S/C8H13NO/c10-9-6-5-7-3-1-2-4-8(7)9/h7H,1-6H2. The van der Waals surface area contributed by atoms with Crippen LogP contribution < -0.4 is 0 Å². The summed E-state index contributed by atoms with van der Waals surface area (Å²) in [5, 5.41) is 11.1. The highest BCUT2D eigenvalue weighted by Gasteiger charge is 2.31. The number of hydroxylamine groups is 1. The SMILES string of the molecule is [O-][N+]1=C2CCCCC2CC1. The Hall–Kier alpha value is -0.530. The fraction of sp³-hybridized carbons (Fsp3) is 0.875. The lowest BCUT2D eigenvalue weighted by atomic mass is 9.87. The molecule has 2 rings (SSSR count). The summed E-state index contributed by atoms with van der Waals surface area (Å²) in [5.41, 5.74) is 1.20. The van der Waals surface area contributed by atoms with Gasteiger partial charge in [-0.3, -0.25) is 0 Å². The zero-order chi connectivity index (χ0) is 6.97. The molecule has 0 aromatic rings. The van der Waals surface area contributed by atoms with E-state index in [-0.39, 0.29) is 0 Å². The van der Waals surface area contributed by atoms with Crippen molar-refractivity contribution in [2.45, 2.75) is 32.1 Å². The van der Waals surface area contributed by atoms with E-state index in [0.717, 1.165) is 19.4 Å². The molecule has 1 fully saturated rings. The van der Waals surface area contributed by atoms with Crippen LogP contribution >= 0.6 is 0 Å². The van der Waals surface area contributed by atoms with E-state index < -0.39 is 0 Å². The fourth-order valence-corrected chi connectivity index (χ4v) is 2.12. The monoisotopic (exact) mass is 139 g/mol. The lowest BCUT2D eigenvalue weighted by molar-refractivity contribution is -0.449. The van der Waals surface area contributed by atoms with Gasteiger partial charge in [-0.15, -0.1) is 0 Å². The molecule has 0 aromatic carbocycles. The van der Waals surface area contributed by atoms with Gasteiger partial charge in [-0.05, 0) is 12.8 Å².